The summed E-state index contributed by atoms with van der Waals surface area (Å²) in [6.07, 6.45) is 2.45. The standard InChI is InChI=1S/C19H21N3O3/c1-14(16-3-4-17-18(10-16)25-13-24-17)21-6-8-22(9-7-21)19-5-2-15(12-23)11-20-19/h2-5,10-12,14H,6-9,13H2,1H3. The molecule has 0 saturated carbocycles. The lowest BCUT2D eigenvalue weighted by molar-refractivity contribution is 0.112. The highest BCUT2D eigenvalue weighted by Gasteiger charge is 2.24. The molecule has 1 saturated heterocycles. The van der Waals surface area contributed by atoms with Gasteiger partial charge in [0.05, 0.1) is 0 Å². The van der Waals surface area contributed by atoms with Crippen molar-refractivity contribution in [3.05, 3.63) is 47.7 Å². The molecule has 25 heavy (non-hydrogen) atoms. The summed E-state index contributed by atoms with van der Waals surface area (Å²) in [6, 6.07) is 10.2. The van der Waals surface area contributed by atoms with Crippen molar-refractivity contribution in [3.63, 3.8) is 0 Å². The molecule has 0 N–H and O–H groups in total. The summed E-state index contributed by atoms with van der Waals surface area (Å²) in [5.41, 5.74) is 1.85. The summed E-state index contributed by atoms with van der Waals surface area (Å²) in [5.74, 6) is 2.59. The van der Waals surface area contributed by atoms with Gasteiger partial charge in [-0.25, -0.2) is 4.98 Å². The second kappa shape index (κ2) is 6.72. The monoisotopic (exact) mass is 339 g/mol. The number of pyridine rings is 1. The number of benzene rings is 1. The Kier molecular flexibility index (Phi) is 4.28. The third-order valence-electron chi connectivity index (χ3n) is 4.97. The Labute approximate surface area is 147 Å². The first-order valence-corrected chi connectivity index (χ1v) is 8.54. The number of rotatable bonds is 4. The number of hydrogen-bond acceptors (Lipinski definition) is 6. The molecule has 0 amide bonds. The van der Waals surface area contributed by atoms with E-state index >= 15 is 0 Å². The maximum absolute atomic E-state index is 10.7. The molecule has 0 bridgehead atoms. The largest absolute Gasteiger partial charge is 0.454 e. The van der Waals surface area contributed by atoms with E-state index in [2.05, 4.69) is 33.8 Å². The minimum atomic E-state index is 0.307. The van der Waals surface area contributed by atoms with Gasteiger partial charge in [0.15, 0.2) is 17.8 Å². The van der Waals surface area contributed by atoms with Gasteiger partial charge in [-0.15, -0.1) is 0 Å². The third-order valence-corrected chi connectivity index (χ3v) is 4.97. The zero-order valence-electron chi connectivity index (χ0n) is 14.2. The number of aldehydes is 1. The van der Waals surface area contributed by atoms with Crippen molar-refractivity contribution in [2.24, 2.45) is 0 Å². The Morgan fingerprint density at radius 1 is 1.08 bits per heavy atom. The number of aromatic nitrogens is 1. The molecule has 2 aliphatic rings. The predicted octanol–water partition coefficient (Wildman–Crippen LogP) is 2.51. The number of anilines is 1. The minimum absolute atomic E-state index is 0.307. The number of ether oxygens (including phenoxy) is 2. The highest BCUT2D eigenvalue weighted by atomic mass is 16.7. The van der Waals surface area contributed by atoms with Gasteiger partial charge >= 0.3 is 0 Å². The van der Waals surface area contributed by atoms with Crippen LogP contribution in [0.5, 0.6) is 11.5 Å². The molecule has 1 unspecified atom stereocenters. The van der Waals surface area contributed by atoms with Crippen LogP contribution in [0.25, 0.3) is 0 Å². The van der Waals surface area contributed by atoms with E-state index in [1.807, 2.05) is 18.2 Å². The van der Waals surface area contributed by atoms with Gasteiger partial charge in [0, 0.05) is 44.0 Å². The summed E-state index contributed by atoms with van der Waals surface area (Å²) in [7, 11) is 0. The van der Waals surface area contributed by atoms with E-state index in [4.69, 9.17) is 9.47 Å². The maximum atomic E-state index is 10.7. The molecule has 1 aromatic carbocycles. The minimum Gasteiger partial charge on any atom is -0.454 e. The number of carbonyl (C=O) groups excluding carboxylic acids is 1. The first kappa shape index (κ1) is 15.9. The second-order valence-corrected chi connectivity index (χ2v) is 6.38. The van der Waals surface area contributed by atoms with E-state index in [0.717, 1.165) is 49.8 Å². The van der Waals surface area contributed by atoms with Crippen LogP contribution in [0.3, 0.4) is 0 Å². The maximum Gasteiger partial charge on any atom is 0.231 e. The number of nitrogens with zero attached hydrogens (tertiary/aromatic N) is 3. The van der Waals surface area contributed by atoms with Crippen LogP contribution < -0.4 is 14.4 Å². The van der Waals surface area contributed by atoms with Gasteiger partial charge in [0.2, 0.25) is 6.79 Å². The fraction of sp³-hybridized carbons (Fsp3) is 0.368. The van der Waals surface area contributed by atoms with Gasteiger partial charge in [-0.3, -0.25) is 9.69 Å². The van der Waals surface area contributed by atoms with Crippen molar-refractivity contribution < 1.29 is 14.3 Å². The zero-order valence-corrected chi connectivity index (χ0v) is 14.2. The van der Waals surface area contributed by atoms with Crippen molar-refractivity contribution in [2.45, 2.75) is 13.0 Å². The highest BCUT2D eigenvalue weighted by molar-refractivity contribution is 5.74. The van der Waals surface area contributed by atoms with Crippen LogP contribution in [-0.4, -0.2) is 49.1 Å². The van der Waals surface area contributed by atoms with Crippen LogP contribution in [0.2, 0.25) is 0 Å². The molecular weight excluding hydrogens is 318 g/mol. The first-order valence-electron chi connectivity index (χ1n) is 8.54. The molecule has 1 aromatic heterocycles. The van der Waals surface area contributed by atoms with E-state index in [0.29, 0.717) is 18.4 Å². The Bertz CT molecular complexity index is 755. The fourth-order valence-corrected chi connectivity index (χ4v) is 3.38. The molecule has 2 aromatic rings. The lowest BCUT2D eigenvalue weighted by atomic mass is 10.1. The van der Waals surface area contributed by atoms with Gasteiger partial charge < -0.3 is 14.4 Å². The van der Waals surface area contributed by atoms with Gasteiger partial charge in [0.25, 0.3) is 0 Å². The molecule has 0 radical (unpaired) electrons. The van der Waals surface area contributed by atoms with Crippen LogP contribution in [0.4, 0.5) is 5.82 Å². The lowest BCUT2D eigenvalue weighted by Gasteiger charge is -2.38. The Morgan fingerprint density at radius 3 is 2.60 bits per heavy atom. The molecule has 130 valence electrons. The summed E-state index contributed by atoms with van der Waals surface area (Å²) in [4.78, 5) is 19.9. The van der Waals surface area contributed by atoms with Crippen molar-refractivity contribution in [2.75, 3.05) is 37.9 Å². The van der Waals surface area contributed by atoms with E-state index < -0.39 is 0 Å². The molecule has 6 nitrogen and oxygen atoms in total. The summed E-state index contributed by atoms with van der Waals surface area (Å²) in [6.45, 7) is 6.30. The second-order valence-electron chi connectivity index (χ2n) is 6.38. The lowest BCUT2D eigenvalue weighted by Crippen LogP contribution is -2.47. The topological polar surface area (TPSA) is 54.9 Å². The Hall–Kier alpha value is -2.60. The summed E-state index contributed by atoms with van der Waals surface area (Å²) >= 11 is 0. The van der Waals surface area contributed by atoms with E-state index in [1.165, 1.54) is 5.56 Å². The van der Waals surface area contributed by atoms with Gasteiger partial charge in [0.1, 0.15) is 5.82 Å². The van der Waals surface area contributed by atoms with Gasteiger partial charge in [-0.05, 0) is 36.8 Å². The van der Waals surface area contributed by atoms with Crippen LogP contribution in [0, 0.1) is 0 Å². The molecule has 0 spiro atoms. The SMILES string of the molecule is CC(c1ccc2c(c1)OCO2)N1CCN(c2ccc(C=O)cn2)CC1. The van der Waals surface area contributed by atoms with Crippen LogP contribution in [-0.2, 0) is 0 Å². The van der Waals surface area contributed by atoms with E-state index in [-0.39, 0.29) is 0 Å². The summed E-state index contributed by atoms with van der Waals surface area (Å²) in [5, 5.41) is 0. The molecule has 4 rings (SSSR count). The molecule has 3 heterocycles. The highest BCUT2D eigenvalue weighted by Crippen LogP contribution is 2.35. The van der Waals surface area contributed by atoms with E-state index in [9.17, 15) is 4.79 Å². The molecule has 6 heteroatoms. The number of hydrogen-bond donors (Lipinski definition) is 0. The molecule has 1 atom stereocenters. The quantitative estimate of drug-likeness (QED) is 0.798. The van der Waals surface area contributed by atoms with Gasteiger partial charge in [-0.1, -0.05) is 6.07 Å². The van der Waals surface area contributed by atoms with E-state index in [1.54, 1.807) is 6.20 Å². The zero-order chi connectivity index (χ0) is 17.2. The van der Waals surface area contributed by atoms with Crippen LogP contribution in [0.15, 0.2) is 36.5 Å². The number of carbonyl (C=O) groups is 1. The Balaban J connectivity index is 1.40. The molecule has 1 fully saturated rings. The predicted molar refractivity (Wildman–Crippen MR) is 94.4 cm³/mol. The molecule has 2 aliphatic heterocycles. The fourth-order valence-electron chi connectivity index (χ4n) is 3.38. The average Bonchev–Trinajstić information content (AvgIpc) is 3.15. The first-order chi connectivity index (χ1) is 12.2. The average molecular weight is 339 g/mol. The Morgan fingerprint density at radius 2 is 1.88 bits per heavy atom. The van der Waals surface area contributed by atoms with Gasteiger partial charge in [-0.2, -0.15) is 0 Å². The van der Waals surface area contributed by atoms with Crippen molar-refractivity contribution in [1.29, 1.82) is 0 Å². The number of piperazine rings is 1. The molecular formula is C19H21N3O3. The smallest absolute Gasteiger partial charge is 0.231 e. The number of fused-ring (bicyclic) bond motifs is 1. The van der Waals surface area contributed by atoms with Crippen molar-refractivity contribution in [3.8, 4) is 11.5 Å². The molecule has 0 aliphatic carbocycles. The van der Waals surface area contributed by atoms with Crippen molar-refractivity contribution >= 4 is 12.1 Å². The summed E-state index contributed by atoms with van der Waals surface area (Å²) < 4.78 is 10.9. The van der Waals surface area contributed by atoms with Crippen molar-refractivity contribution in [1.82, 2.24) is 9.88 Å². The third kappa shape index (κ3) is 3.17. The normalized spacial score (nSPS) is 18.2. The van der Waals surface area contributed by atoms with Crippen LogP contribution in [0.1, 0.15) is 28.9 Å². The van der Waals surface area contributed by atoms with Crippen LogP contribution >= 0.6 is 0 Å².